The molecule has 1 saturated heterocycles. The van der Waals surface area contributed by atoms with E-state index in [2.05, 4.69) is 5.32 Å². The number of hydrogen-bond acceptors (Lipinski definition) is 4. The third-order valence-electron chi connectivity index (χ3n) is 3.95. The highest BCUT2D eigenvalue weighted by molar-refractivity contribution is 5.94. The molecule has 0 saturated carbocycles. The zero-order valence-corrected chi connectivity index (χ0v) is 14.3. The molecule has 1 fully saturated rings. The molecule has 0 unspecified atom stereocenters. The van der Waals surface area contributed by atoms with Crippen LogP contribution in [-0.2, 0) is 9.59 Å². The van der Waals surface area contributed by atoms with Gasteiger partial charge in [0.05, 0.1) is 13.7 Å². The number of carbonyl (C=O) groups excluding carboxylic acids is 2. The van der Waals surface area contributed by atoms with Crippen LogP contribution in [0.3, 0.4) is 0 Å². The number of nitrogens with one attached hydrogen (secondary N) is 1. The highest BCUT2D eigenvalue weighted by Crippen LogP contribution is 2.13. The van der Waals surface area contributed by atoms with Crippen molar-refractivity contribution in [3.8, 4) is 5.75 Å². The Hall–Kier alpha value is -2.34. The van der Waals surface area contributed by atoms with E-state index in [1.807, 2.05) is 29.2 Å². The quantitative estimate of drug-likeness (QED) is 0.818. The molecule has 0 spiro atoms. The number of hydrogen-bond donors (Lipinski definition) is 1. The molecule has 1 aliphatic rings. The average molecular weight is 331 g/mol. The minimum atomic E-state index is -0.195. The standard InChI is InChI=1S/C18H25N3O3/c1-20(14-18(23)21-11-4-9-19-10-12-21)17(22)8-7-15-5-3-6-16(13-15)24-2/h3,5-8,13,19H,4,9-12,14H2,1-2H3/b8-7+. The van der Waals surface area contributed by atoms with Crippen LogP contribution in [0.25, 0.3) is 6.08 Å². The third kappa shape index (κ3) is 5.38. The summed E-state index contributed by atoms with van der Waals surface area (Å²) in [6, 6.07) is 7.45. The molecule has 24 heavy (non-hydrogen) atoms. The minimum Gasteiger partial charge on any atom is -0.497 e. The van der Waals surface area contributed by atoms with Gasteiger partial charge >= 0.3 is 0 Å². The van der Waals surface area contributed by atoms with Crippen molar-refractivity contribution in [1.82, 2.24) is 15.1 Å². The Kier molecular flexibility index (Phi) is 6.81. The second kappa shape index (κ2) is 9.08. The van der Waals surface area contributed by atoms with Gasteiger partial charge in [0.1, 0.15) is 5.75 Å². The summed E-state index contributed by atoms with van der Waals surface area (Å²) in [7, 11) is 3.25. The number of methoxy groups -OCH3 is 1. The Labute approximate surface area is 143 Å². The molecule has 0 atom stereocenters. The fourth-order valence-corrected chi connectivity index (χ4v) is 2.52. The van der Waals surface area contributed by atoms with Crippen molar-refractivity contribution in [2.75, 3.05) is 46.9 Å². The number of rotatable bonds is 5. The van der Waals surface area contributed by atoms with Crippen LogP contribution in [0.1, 0.15) is 12.0 Å². The largest absolute Gasteiger partial charge is 0.497 e. The van der Waals surface area contributed by atoms with Crippen LogP contribution in [0.5, 0.6) is 5.75 Å². The molecule has 1 aromatic rings. The Bertz CT molecular complexity index is 593. The topological polar surface area (TPSA) is 61.9 Å². The van der Waals surface area contributed by atoms with E-state index >= 15 is 0 Å². The Morgan fingerprint density at radius 3 is 2.96 bits per heavy atom. The molecule has 0 radical (unpaired) electrons. The summed E-state index contributed by atoms with van der Waals surface area (Å²) in [5.41, 5.74) is 0.876. The highest BCUT2D eigenvalue weighted by atomic mass is 16.5. The molecule has 1 aromatic carbocycles. The lowest BCUT2D eigenvalue weighted by Gasteiger charge is -2.23. The Balaban J connectivity index is 1.88. The molecule has 2 amide bonds. The van der Waals surface area contributed by atoms with Crippen molar-refractivity contribution >= 4 is 17.9 Å². The van der Waals surface area contributed by atoms with Crippen molar-refractivity contribution in [1.29, 1.82) is 0 Å². The van der Waals surface area contributed by atoms with Crippen LogP contribution in [0.2, 0.25) is 0 Å². The summed E-state index contributed by atoms with van der Waals surface area (Å²) >= 11 is 0. The van der Waals surface area contributed by atoms with Crippen LogP contribution in [0.15, 0.2) is 30.3 Å². The van der Waals surface area contributed by atoms with Crippen LogP contribution < -0.4 is 10.1 Å². The fourth-order valence-electron chi connectivity index (χ4n) is 2.52. The smallest absolute Gasteiger partial charge is 0.246 e. The van der Waals surface area contributed by atoms with Gasteiger partial charge in [-0.2, -0.15) is 0 Å². The van der Waals surface area contributed by atoms with Crippen molar-refractivity contribution in [2.24, 2.45) is 0 Å². The second-order valence-corrected chi connectivity index (χ2v) is 5.79. The van der Waals surface area contributed by atoms with E-state index in [1.165, 1.54) is 11.0 Å². The van der Waals surface area contributed by atoms with E-state index in [0.717, 1.165) is 37.4 Å². The van der Waals surface area contributed by atoms with Crippen molar-refractivity contribution < 1.29 is 14.3 Å². The first-order valence-corrected chi connectivity index (χ1v) is 8.16. The SMILES string of the molecule is COc1cccc(/C=C/C(=O)N(C)CC(=O)N2CCCNCC2)c1. The van der Waals surface area contributed by atoms with Crippen LogP contribution >= 0.6 is 0 Å². The summed E-state index contributed by atoms with van der Waals surface area (Å²) in [6.45, 7) is 3.27. The number of ether oxygens (including phenoxy) is 1. The molecule has 0 aliphatic carbocycles. The molecule has 6 heteroatoms. The molecule has 0 aromatic heterocycles. The van der Waals surface area contributed by atoms with Gasteiger partial charge in [0, 0.05) is 32.8 Å². The van der Waals surface area contributed by atoms with Gasteiger partial charge in [0.2, 0.25) is 11.8 Å². The van der Waals surface area contributed by atoms with Gasteiger partial charge in [-0.25, -0.2) is 0 Å². The van der Waals surface area contributed by atoms with Crippen molar-refractivity contribution in [2.45, 2.75) is 6.42 Å². The zero-order valence-electron chi connectivity index (χ0n) is 14.3. The summed E-state index contributed by atoms with van der Waals surface area (Å²) in [5, 5.41) is 3.26. The van der Waals surface area contributed by atoms with Gasteiger partial charge in [-0.3, -0.25) is 9.59 Å². The lowest BCUT2D eigenvalue weighted by atomic mass is 10.2. The third-order valence-corrected chi connectivity index (χ3v) is 3.95. The van der Waals surface area contributed by atoms with E-state index in [9.17, 15) is 9.59 Å². The first-order chi connectivity index (χ1) is 11.6. The number of amides is 2. The molecular formula is C18H25N3O3. The molecule has 1 N–H and O–H groups in total. The zero-order chi connectivity index (χ0) is 17.4. The van der Waals surface area contributed by atoms with Crippen molar-refractivity contribution in [3.63, 3.8) is 0 Å². The van der Waals surface area contributed by atoms with E-state index < -0.39 is 0 Å². The summed E-state index contributed by atoms with van der Waals surface area (Å²) in [6.07, 6.45) is 4.15. The molecule has 130 valence electrons. The summed E-state index contributed by atoms with van der Waals surface area (Å²) < 4.78 is 5.15. The van der Waals surface area contributed by atoms with Crippen LogP contribution in [0.4, 0.5) is 0 Å². The predicted molar refractivity (Wildman–Crippen MR) is 93.7 cm³/mol. The predicted octanol–water partition coefficient (Wildman–Crippen LogP) is 0.989. The van der Waals surface area contributed by atoms with E-state index in [1.54, 1.807) is 20.2 Å². The van der Waals surface area contributed by atoms with E-state index in [4.69, 9.17) is 4.74 Å². The Morgan fingerprint density at radius 1 is 1.33 bits per heavy atom. The molecule has 0 bridgehead atoms. The van der Waals surface area contributed by atoms with Gasteiger partial charge in [-0.05, 0) is 36.7 Å². The maximum absolute atomic E-state index is 12.3. The number of nitrogens with zero attached hydrogens (tertiary/aromatic N) is 2. The maximum atomic E-state index is 12.3. The van der Waals surface area contributed by atoms with Gasteiger partial charge in [-0.15, -0.1) is 0 Å². The highest BCUT2D eigenvalue weighted by Gasteiger charge is 2.18. The van der Waals surface area contributed by atoms with E-state index in [0.29, 0.717) is 6.54 Å². The van der Waals surface area contributed by atoms with Gasteiger partial charge in [-0.1, -0.05) is 12.1 Å². The fraction of sp³-hybridized carbons (Fsp3) is 0.444. The van der Waals surface area contributed by atoms with Gasteiger partial charge in [0.25, 0.3) is 0 Å². The second-order valence-electron chi connectivity index (χ2n) is 5.79. The maximum Gasteiger partial charge on any atom is 0.246 e. The molecular weight excluding hydrogens is 306 g/mol. The average Bonchev–Trinajstić information content (AvgIpc) is 2.89. The van der Waals surface area contributed by atoms with Crippen LogP contribution in [-0.4, -0.2) is 68.5 Å². The summed E-state index contributed by atoms with van der Waals surface area (Å²) in [5.74, 6) is 0.534. The number of benzene rings is 1. The lowest BCUT2D eigenvalue weighted by molar-refractivity contribution is -0.137. The molecule has 2 rings (SSSR count). The normalized spacial score (nSPS) is 15.2. The first-order valence-electron chi connectivity index (χ1n) is 8.16. The number of likely N-dealkylation sites (N-methyl/N-ethyl adjacent to an activating group) is 1. The lowest BCUT2D eigenvalue weighted by Crippen LogP contribution is -2.42. The molecule has 6 nitrogen and oxygen atoms in total. The van der Waals surface area contributed by atoms with Gasteiger partial charge < -0.3 is 19.9 Å². The minimum absolute atomic E-state index is 0.00988. The number of carbonyl (C=O) groups is 2. The van der Waals surface area contributed by atoms with Gasteiger partial charge in [0.15, 0.2) is 0 Å². The summed E-state index contributed by atoms with van der Waals surface area (Å²) in [4.78, 5) is 27.7. The molecule has 1 aliphatic heterocycles. The van der Waals surface area contributed by atoms with Crippen LogP contribution in [0, 0.1) is 0 Å². The Morgan fingerprint density at radius 2 is 2.17 bits per heavy atom. The molecule has 1 heterocycles. The van der Waals surface area contributed by atoms with Crippen molar-refractivity contribution in [3.05, 3.63) is 35.9 Å². The monoisotopic (exact) mass is 331 g/mol. The van der Waals surface area contributed by atoms with E-state index in [-0.39, 0.29) is 18.4 Å². The first kappa shape index (κ1) is 18.0.